The quantitative estimate of drug-likeness (QED) is 0.656. The molecular weight excluding hydrogens is 280 g/mol. The van der Waals surface area contributed by atoms with E-state index in [0.717, 1.165) is 26.2 Å². The van der Waals surface area contributed by atoms with E-state index >= 15 is 0 Å². The molecule has 1 amide bonds. The van der Waals surface area contributed by atoms with Gasteiger partial charge in [0.25, 0.3) is 0 Å². The molecule has 20 heavy (non-hydrogen) atoms. The summed E-state index contributed by atoms with van der Waals surface area (Å²) in [5.41, 5.74) is -0.999. The first-order valence-electron chi connectivity index (χ1n) is 7.06. The lowest BCUT2D eigenvalue weighted by Gasteiger charge is -2.40. The molecule has 0 saturated carbocycles. The lowest BCUT2D eigenvalue weighted by Crippen LogP contribution is -2.64. The summed E-state index contributed by atoms with van der Waals surface area (Å²) in [6.07, 6.45) is 0. The molecule has 2 heterocycles. The van der Waals surface area contributed by atoms with Gasteiger partial charge >= 0.3 is 0 Å². The molecule has 2 aliphatic heterocycles. The van der Waals surface area contributed by atoms with Gasteiger partial charge in [-0.3, -0.25) is 9.69 Å². The van der Waals surface area contributed by atoms with Gasteiger partial charge in [-0.25, -0.2) is 8.42 Å². The van der Waals surface area contributed by atoms with Crippen LogP contribution in [0.15, 0.2) is 0 Å². The van der Waals surface area contributed by atoms with E-state index in [0.29, 0.717) is 19.6 Å². The monoisotopic (exact) mass is 304 g/mol. The standard InChI is InChI=1S/C12H24N4O3S/c1-12(2)11(17)14-5-8-16(12)20(18,19)10-9-15-6-3-13-4-7-15/h13H,3-10H2,1-2H3,(H,14,17). The van der Waals surface area contributed by atoms with Crippen LogP contribution in [0, 0.1) is 0 Å². The Morgan fingerprint density at radius 1 is 1.15 bits per heavy atom. The highest BCUT2D eigenvalue weighted by atomic mass is 32.2. The molecular formula is C12H24N4O3S. The number of piperazine rings is 2. The summed E-state index contributed by atoms with van der Waals surface area (Å²) < 4.78 is 26.3. The van der Waals surface area contributed by atoms with Gasteiger partial charge in [-0.05, 0) is 13.8 Å². The summed E-state index contributed by atoms with van der Waals surface area (Å²) in [5, 5.41) is 5.96. The van der Waals surface area contributed by atoms with E-state index in [2.05, 4.69) is 15.5 Å². The van der Waals surface area contributed by atoms with Gasteiger partial charge in [0.2, 0.25) is 15.9 Å². The summed E-state index contributed by atoms with van der Waals surface area (Å²) in [7, 11) is -3.41. The number of carbonyl (C=O) groups is 1. The van der Waals surface area contributed by atoms with Crippen molar-refractivity contribution in [2.45, 2.75) is 19.4 Å². The molecule has 0 atom stereocenters. The van der Waals surface area contributed by atoms with E-state index < -0.39 is 15.6 Å². The first-order chi connectivity index (χ1) is 9.34. The van der Waals surface area contributed by atoms with Gasteiger partial charge < -0.3 is 10.6 Å². The molecule has 0 aromatic heterocycles. The van der Waals surface area contributed by atoms with Gasteiger partial charge in [0, 0.05) is 45.8 Å². The molecule has 0 aromatic rings. The third-order valence-corrected chi connectivity index (χ3v) is 6.00. The van der Waals surface area contributed by atoms with Crippen molar-refractivity contribution in [3.05, 3.63) is 0 Å². The van der Waals surface area contributed by atoms with Crippen LogP contribution >= 0.6 is 0 Å². The number of nitrogens with zero attached hydrogens (tertiary/aromatic N) is 2. The zero-order chi connectivity index (χ0) is 14.8. The number of carbonyl (C=O) groups excluding carboxylic acids is 1. The van der Waals surface area contributed by atoms with Crippen molar-refractivity contribution in [2.75, 3.05) is 51.6 Å². The predicted molar refractivity (Wildman–Crippen MR) is 76.9 cm³/mol. The Hall–Kier alpha value is -0.700. The van der Waals surface area contributed by atoms with Crippen LogP contribution < -0.4 is 10.6 Å². The minimum Gasteiger partial charge on any atom is -0.353 e. The Morgan fingerprint density at radius 2 is 1.80 bits per heavy atom. The average molecular weight is 304 g/mol. The topological polar surface area (TPSA) is 81.8 Å². The maximum Gasteiger partial charge on any atom is 0.241 e. The average Bonchev–Trinajstić information content (AvgIpc) is 2.40. The Kier molecular flexibility index (Phi) is 4.68. The molecule has 0 spiro atoms. The number of rotatable bonds is 4. The maximum absolute atomic E-state index is 12.5. The Morgan fingerprint density at radius 3 is 2.45 bits per heavy atom. The second kappa shape index (κ2) is 5.97. The van der Waals surface area contributed by atoms with Crippen molar-refractivity contribution in [1.82, 2.24) is 19.8 Å². The van der Waals surface area contributed by atoms with Crippen molar-refractivity contribution in [3.63, 3.8) is 0 Å². The minimum absolute atomic E-state index is 0.0731. The highest BCUT2D eigenvalue weighted by Gasteiger charge is 2.44. The largest absolute Gasteiger partial charge is 0.353 e. The SMILES string of the molecule is CC1(C)C(=O)NCCN1S(=O)(=O)CCN1CCNCC1. The number of sulfonamides is 1. The molecule has 2 N–H and O–H groups in total. The molecule has 2 fully saturated rings. The number of nitrogens with one attached hydrogen (secondary N) is 2. The molecule has 2 saturated heterocycles. The molecule has 0 radical (unpaired) electrons. The summed E-state index contributed by atoms with van der Waals surface area (Å²) >= 11 is 0. The van der Waals surface area contributed by atoms with Crippen LogP contribution in [0.1, 0.15) is 13.8 Å². The van der Waals surface area contributed by atoms with E-state index in [9.17, 15) is 13.2 Å². The third kappa shape index (κ3) is 3.30. The number of hydrogen-bond donors (Lipinski definition) is 2. The van der Waals surface area contributed by atoms with Crippen LogP contribution in [0.5, 0.6) is 0 Å². The molecule has 0 aliphatic carbocycles. The summed E-state index contributed by atoms with van der Waals surface area (Å²) in [4.78, 5) is 14.0. The second-order valence-corrected chi connectivity index (χ2v) is 7.81. The molecule has 0 bridgehead atoms. The fraction of sp³-hybridized carbons (Fsp3) is 0.917. The maximum atomic E-state index is 12.5. The van der Waals surface area contributed by atoms with Crippen molar-refractivity contribution >= 4 is 15.9 Å². The van der Waals surface area contributed by atoms with Gasteiger partial charge in [0.1, 0.15) is 5.54 Å². The van der Waals surface area contributed by atoms with E-state index in [4.69, 9.17) is 0 Å². The first kappa shape index (κ1) is 15.7. The molecule has 0 unspecified atom stereocenters. The summed E-state index contributed by atoms with van der Waals surface area (Å²) in [6, 6.07) is 0. The minimum atomic E-state index is -3.41. The van der Waals surface area contributed by atoms with Gasteiger partial charge in [-0.15, -0.1) is 0 Å². The Balaban J connectivity index is 2.00. The van der Waals surface area contributed by atoms with Crippen LogP contribution in [-0.2, 0) is 14.8 Å². The first-order valence-corrected chi connectivity index (χ1v) is 8.67. The summed E-state index contributed by atoms with van der Waals surface area (Å²) in [6.45, 7) is 8.12. The van der Waals surface area contributed by atoms with Crippen LogP contribution in [0.3, 0.4) is 0 Å². The molecule has 8 heteroatoms. The Bertz CT molecular complexity index is 457. The molecule has 0 aromatic carbocycles. The van der Waals surface area contributed by atoms with Crippen LogP contribution in [0.25, 0.3) is 0 Å². The van der Waals surface area contributed by atoms with Gasteiger partial charge in [0.15, 0.2) is 0 Å². The van der Waals surface area contributed by atoms with Crippen molar-refractivity contribution in [1.29, 1.82) is 0 Å². The third-order valence-electron chi connectivity index (χ3n) is 3.99. The van der Waals surface area contributed by atoms with Gasteiger partial charge in [-0.1, -0.05) is 0 Å². The Labute approximate surface area is 120 Å². The summed E-state index contributed by atoms with van der Waals surface area (Å²) in [5.74, 6) is -0.154. The highest BCUT2D eigenvalue weighted by molar-refractivity contribution is 7.89. The van der Waals surface area contributed by atoms with E-state index in [1.54, 1.807) is 13.8 Å². The molecule has 2 rings (SSSR count). The van der Waals surface area contributed by atoms with E-state index in [-0.39, 0.29) is 11.7 Å². The lowest BCUT2D eigenvalue weighted by molar-refractivity contribution is -0.131. The normalized spacial score (nSPS) is 25.4. The number of amides is 1. The second-order valence-electron chi connectivity index (χ2n) is 5.79. The van der Waals surface area contributed by atoms with Crippen molar-refractivity contribution in [2.24, 2.45) is 0 Å². The number of hydrogen-bond acceptors (Lipinski definition) is 5. The van der Waals surface area contributed by atoms with Gasteiger partial charge in [-0.2, -0.15) is 4.31 Å². The fourth-order valence-corrected chi connectivity index (χ4v) is 4.51. The fourth-order valence-electron chi connectivity index (χ4n) is 2.66. The zero-order valence-electron chi connectivity index (χ0n) is 12.2. The zero-order valence-corrected chi connectivity index (χ0v) is 13.0. The van der Waals surface area contributed by atoms with Crippen LogP contribution in [0.4, 0.5) is 0 Å². The van der Waals surface area contributed by atoms with Crippen molar-refractivity contribution < 1.29 is 13.2 Å². The highest BCUT2D eigenvalue weighted by Crippen LogP contribution is 2.22. The lowest BCUT2D eigenvalue weighted by atomic mass is 10.0. The van der Waals surface area contributed by atoms with E-state index in [1.165, 1.54) is 4.31 Å². The van der Waals surface area contributed by atoms with E-state index in [1.807, 2.05) is 0 Å². The smallest absolute Gasteiger partial charge is 0.241 e. The van der Waals surface area contributed by atoms with Crippen molar-refractivity contribution in [3.8, 4) is 0 Å². The molecule has 7 nitrogen and oxygen atoms in total. The van der Waals surface area contributed by atoms with Gasteiger partial charge in [0.05, 0.1) is 5.75 Å². The van der Waals surface area contributed by atoms with Crippen LogP contribution in [0.2, 0.25) is 0 Å². The molecule has 116 valence electrons. The predicted octanol–water partition coefficient (Wildman–Crippen LogP) is -1.57. The van der Waals surface area contributed by atoms with Crippen LogP contribution in [-0.4, -0.2) is 80.6 Å². The molecule has 2 aliphatic rings.